The lowest BCUT2D eigenvalue weighted by Crippen LogP contribution is -2.36. The van der Waals surface area contributed by atoms with Crippen molar-refractivity contribution in [2.24, 2.45) is 11.7 Å². The highest BCUT2D eigenvalue weighted by Crippen LogP contribution is 2.35. The summed E-state index contributed by atoms with van der Waals surface area (Å²) in [6.45, 7) is 1.26. The van der Waals surface area contributed by atoms with Gasteiger partial charge in [-0.15, -0.1) is 0 Å². The molecular formula is C18H25N3O4S. The van der Waals surface area contributed by atoms with E-state index in [0.717, 1.165) is 24.8 Å². The first kappa shape index (κ1) is 18.7. The smallest absolute Gasteiger partial charge is 0.317 e. The van der Waals surface area contributed by atoms with Gasteiger partial charge in [-0.1, -0.05) is 12.1 Å². The van der Waals surface area contributed by atoms with Gasteiger partial charge in [0.2, 0.25) is 5.91 Å². The fraction of sp³-hybridized carbons (Fsp3) is 0.556. The number of rotatable bonds is 6. The van der Waals surface area contributed by atoms with Crippen molar-refractivity contribution in [1.29, 1.82) is 0 Å². The largest absolute Gasteiger partial charge is 0.369 e. The molecule has 0 radical (unpaired) electrons. The number of amides is 3. The summed E-state index contributed by atoms with van der Waals surface area (Å²) in [5.74, 6) is -0.719. The number of nitrogens with two attached hydrogens (primary N) is 1. The van der Waals surface area contributed by atoms with Gasteiger partial charge in [0.15, 0.2) is 9.84 Å². The monoisotopic (exact) mass is 379 g/mol. The van der Waals surface area contributed by atoms with Gasteiger partial charge in [-0.05, 0) is 49.3 Å². The minimum Gasteiger partial charge on any atom is -0.369 e. The number of carbonyl (C=O) groups excluding carboxylic acids is 2. The van der Waals surface area contributed by atoms with Crippen LogP contribution < -0.4 is 11.1 Å². The van der Waals surface area contributed by atoms with E-state index in [1.165, 1.54) is 0 Å². The zero-order chi connectivity index (χ0) is 18.9. The molecule has 0 aromatic heterocycles. The van der Waals surface area contributed by atoms with Crippen LogP contribution >= 0.6 is 0 Å². The zero-order valence-corrected chi connectivity index (χ0v) is 15.7. The fourth-order valence-electron chi connectivity index (χ4n) is 3.58. The molecule has 0 spiro atoms. The number of sulfone groups is 1. The summed E-state index contributed by atoms with van der Waals surface area (Å²) in [5, 5.41) is 2.35. The topological polar surface area (TPSA) is 110 Å². The Morgan fingerprint density at radius 1 is 1.23 bits per heavy atom. The predicted octanol–water partition coefficient (Wildman–Crippen LogP) is 1.24. The van der Waals surface area contributed by atoms with Crippen molar-refractivity contribution in [2.75, 3.05) is 20.1 Å². The van der Waals surface area contributed by atoms with Gasteiger partial charge < -0.3 is 16.0 Å². The second kappa shape index (κ2) is 7.26. The molecule has 2 atom stereocenters. The lowest BCUT2D eigenvalue weighted by molar-refractivity contribution is -0.119. The van der Waals surface area contributed by atoms with Crippen LogP contribution in [0.5, 0.6) is 0 Å². The Balaban J connectivity index is 1.70. The van der Waals surface area contributed by atoms with E-state index in [1.807, 2.05) is 0 Å². The molecule has 1 aliphatic heterocycles. The van der Waals surface area contributed by atoms with Gasteiger partial charge in [-0.2, -0.15) is 0 Å². The van der Waals surface area contributed by atoms with Crippen molar-refractivity contribution in [1.82, 2.24) is 10.2 Å². The van der Waals surface area contributed by atoms with Crippen LogP contribution in [0.1, 0.15) is 37.2 Å². The van der Waals surface area contributed by atoms with Crippen LogP contribution in [0.4, 0.5) is 4.79 Å². The van der Waals surface area contributed by atoms with Gasteiger partial charge in [0.1, 0.15) is 0 Å². The molecule has 1 saturated heterocycles. The molecule has 8 heteroatoms. The van der Waals surface area contributed by atoms with Crippen molar-refractivity contribution in [3.63, 3.8) is 0 Å². The van der Waals surface area contributed by atoms with E-state index >= 15 is 0 Å². The number of likely N-dealkylation sites (tertiary alicyclic amines) is 1. The minimum atomic E-state index is -3.24. The molecule has 3 amide bonds. The summed E-state index contributed by atoms with van der Waals surface area (Å²) < 4.78 is 24.6. The molecule has 3 rings (SSSR count). The molecule has 0 bridgehead atoms. The quantitative estimate of drug-likeness (QED) is 0.775. The first-order valence-electron chi connectivity index (χ1n) is 8.92. The Kier molecular flexibility index (Phi) is 5.22. The van der Waals surface area contributed by atoms with Crippen molar-refractivity contribution in [2.45, 2.75) is 41.7 Å². The highest BCUT2D eigenvalue weighted by Gasteiger charge is 2.37. The van der Waals surface area contributed by atoms with Crippen molar-refractivity contribution < 1.29 is 18.0 Å². The summed E-state index contributed by atoms with van der Waals surface area (Å²) in [4.78, 5) is 25.7. The maximum absolute atomic E-state index is 12.3. The molecule has 3 N–H and O–H groups in total. The Morgan fingerprint density at radius 2 is 1.88 bits per heavy atom. The second-order valence-electron chi connectivity index (χ2n) is 7.16. The Labute approximate surface area is 153 Å². The third kappa shape index (κ3) is 3.85. The molecule has 1 aromatic rings. The van der Waals surface area contributed by atoms with Gasteiger partial charge in [0.25, 0.3) is 0 Å². The average molecular weight is 379 g/mol. The van der Waals surface area contributed by atoms with Gasteiger partial charge >= 0.3 is 6.03 Å². The number of hydrogen-bond acceptors (Lipinski definition) is 4. The van der Waals surface area contributed by atoms with Crippen LogP contribution in [0, 0.1) is 5.92 Å². The highest BCUT2D eigenvalue weighted by molar-refractivity contribution is 7.92. The molecule has 2 fully saturated rings. The first-order valence-corrected chi connectivity index (χ1v) is 10.5. The van der Waals surface area contributed by atoms with E-state index in [0.29, 0.717) is 24.4 Å². The van der Waals surface area contributed by atoms with E-state index in [1.54, 1.807) is 36.2 Å². The predicted molar refractivity (Wildman–Crippen MR) is 97.3 cm³/mol. The summed E-state index contributed by atoms with van der Waals surface area (Å²) >= 11 is 0. The van der Waals surface area contributed by atoms with Crippen molar-refractivity contribution in [3.8, 4) is 0 Å². The molecule has 142 valence electrons. The second-order valence-corrected chi connectivity index (χ2v) is 9.39. The van der Waals surface area contributed by atoms with Gasteiger partial charge in [-0.25, -0.2) is 13.2 Å². The summed E-state index contributed by atoms with van der Waals surface area (Å²) in [5.41, 5.74) is 6.33. The van der Waals surface area contributed by atoms with Crippen LogP contribution in [0.2, 0.25) is 0 Å². The summed E-state index contributed by atoms with van der Waals surface area (Å²) in [6, 6.07) is 6.42. The molecule has 1 aromatic carbocycles. The van der Waals surface area contributed by atoms with Crippen LogP contribution in [-0.4, -0.2) is 50.6 Å². The number of primary amides is 1. The maximum Gasteiger partial charge on any atom is 0.317 e. The van der Waals surface area contributed by atoms with E-state index in [-0.39, 0.29) is 17.2 Å². The van der Waals surface area contributed by atoms with Crippen molar-refractivity contribution >= 4 is 21.8 Å². The molecule has 2 aliphatic rings. The zero-order valence-electron chi connectivity index (χ0n) is 14.8. The van der Waals surface area contributed by atoms with E-state index in [9.17, 15) is 18.0 Å². The Bertz CT molecular complexity index is 787. The van der Waals surface area contributed by atoms with E-state index < -0.39 is 21.7 Å². The molecule has 1 aliphatic carbocycles. The Morgan fingerprint density at radius 3 is 2.42 bits per heavy atom. The van der Waals surface area contributed by atoms with Crippen LogP contribution in [0.15, 0.2) is 29.2 Å². The van der Waals surface area contributed by atoms with Gasteiger partial charge in [-0.3, -0.25) is 4.79 Å². The third-order valence-corrected chi connectivity index (χ3v) is 7.55. The number of carbonyl (C=O) groups is 2. The number of urea groups is 1. The number of benzene rings is 1. The summed E-state index contributed by atoms with van der Waals surface area (Å²) in [6.07, 6.45) is 2.82. The lowest BCUT2D eigenvalue weighted by atomic mass is 9.88. The van der Waals surface area contributed by atoms with Crippen molar-refractivity contribution in [3.05, 3.63) is 29.8 Å². The van der Waals surface area contributed by atoms with E-state index in [4.69, 9.17) is 5.73 Å². The minimum absolute atomic E-state index is 0.113. The molecule has 7 nitrogen and oxygen atoms in total. The number of nitrogens with zero attached hydrogens (tertiary/aromatic N) is 1. The van der Waals surface area contributed by atoms with Crippen LogP contribution in [-0.2, 0) is 14.6 Å². The Hall–Kier alpha value is -2.09. The van der Waals surface area contributed by atoms with Crippen LogP contribution in [0.25, 0.3) is 0 Å². The normalized spacial score (nSPS) is 21.4. The highest BCUT2D eigenvalue weighted by atomic mass is 32.2. The van der Waals surface area contributed by atoms with Gasteiger partial charge in [0, 0.05) is 20.1 Å². The average Bonchev–Trinajstić information content (AvgIpc) is 3.39. The molecule has 1 saturated carbocycles. The molecule has 26 heavy (non-hydrogen) atoms. The SMILES string of the molecule is CNC(=O)N1CC[C@H](C[C@@H](C(N)=O)c2ccc(S(=O)(=O)C3CC3)cc2)C1. The standard InChI is InChI=1S/C18H25N3O4S/c1-20-18(23)21-9-8-12(11-21)10-16(17(19)22)13-2-4-14(5-3-13)26(24,25)15-6-7-15/h2-5,12,15-16H,6-11H2,1H3,(H2,19,22)(H,20,23)/t12-,16-/m1/s1. The molecule has 0 unspecified atom stereocenters. The molecule has 1 heterocycles. The lowest BCUT2D eigenvalue weighted by Gasteiger charge is -2.19. The van der Waals surface area contributed by atoms with Gasteiger partial charge in [0.05, 0.1) is 16.1 Å². The first-order chi connectivity index (χ1) is 12.3. The van der Waals surface area contributed by atoms with E-state index in [2.05, 4.69) is 5.32 Å². The number of nitrogens with one attached hydrogen (secondary N) is 1. The third-order valence-electron chi connectivity index (χ3n) is 5.27. The molecular weight excluding hydrogens is 354 g/mol. The fourth-order valence-corrected chi connectivity index (χ4v) is 5.24. The summed E-state index contributed by atoms with van der Waals surface area (Å²) in [7, 11) is -1.64. The van der Waals surface area contributed by atoms with Crippen LogP contribution in [0.3, 0.4) is 0 Å². The number of hydrogen-bond donors (Lipinski definition) is 2. The maximum atomic E-state index is 12.3.